The maximum absolute atomic E-state index is 13.8. The number of fused-ring (bicyclic) bond motifs is 3. The van der Waals surface area contributed by atoms with Crippen LogP contribution in [-0.2, 0) is 4.74 Å². The van der Waals surface area contributed by atoms with Crippen molar-refractivity contribution in [1.82, 2.24) is 4.98 Å². The summed E-state index contributed by atoms with van der Waals surface area (Å²) in [6, 6.07) is 18.1. The Bertz CT molecular complexity index is 1740. The Kier molecular flexibility index (Phi) is 5.08. The molecule has 1 atom stereocenters. The number of hydrogen-bond acceptors (Lipinski definition) is 8. The van der Waals surface area contributed by atoms with Gasteiger partial charge >= 0.3 is 5.97 Å². The van der Waals surface area contributed by atoms with Crippen LogP contribution in [-0.4, -0.2) is 31.1 Å². The second-order valence-corrected chi connectivity index (χ2v) is 9.20. The Morgan fingerprint density at radius 1 is 1.03 bits per heavy atom. The van der Waals surface area contributed by atoms with E-state index in [0.717, 1.165) is 4.70 Å². The maximum atomic E-state index is 13.8. The van der Waals surface area contributed by atoms with Gasteiger partial charge in [-0.25, -0.2) is 9.78 Å². The molecule has 0 saturated heterocycles. The van der Waals surface area contributed by atoms with Gasteiger partial charge in [0.2, 0.25) is 5.76 Å². The summed E-state index contributed by atoms with van der Waals surface area (Å²) in [6.07, 6.45) is 0. The fourth-order valence-electron chi connectivity index (χ4n) is 4.47. The summed E-state index contributed by atoms with van der Waals surface area (Å²) in [5.41, 5.74) is 1.98. The zero-order valence-corrected chi connectivity index (χ0v) is 20.0. The number of rotatable bonds is 4. The largest absolute Gasteiger partial charge is 0.497 e. The van der Waals surface area contributed by atoms with E-state index in [0.29, 0.717) is 38.5 Å². The van der Waals surface area contributed by atoms with E-state index < -0.39 is 17.9 Å². The monoisotopic (exact) mass is 498 g/mol. The molecule has 0 spiro atoms. The van der Waals surface area contributed by atoms with Gasteiger partial charge in [-0.2, -0.15) is 0 Å². The molecule has 178 valence electrons. The van der Waals surface area contributed by atoms with Crippen LogP contribution >= 0.6 is 11.3 Å². The van der Waals surface area contributed by atoms with E-state index >= 15 is 0 Å². The molecule has 3 aromatic carbocycles. The Hall–Kier alpha value is -4.50. The van der Waals surface area contributed by atoms with Gasteiger partial charge in [0.15, 0.2) is 10.6 Å². The highest BCUT2D eigenvalue weighted by atomic mass is 32.1. The first-order valence-electron chi connectivity index (χ1n) is 11.0. The summed E-state index contributed by atoms with van der Waals surface area (Å²) in [7, 11) is 2.89. The van der Waals surface area contributed by atoms with E-state index in [9.17, 15) is 14.4 Å². The molecule has 0 bridgehead atoms. The molecular formula is C27H18N2O6S. The number of hydrogen-bond donors (Lipinski definition) is 0. The third-order valence-electron chi connectivity index (χ3n) is 6.22. The van der Waals surface area contributed by atoms with Gasteiger partial charge in [0.25, 0.3) is 5.91 Å². The van der Waals surface area contributed by atoms with Crippen molar-refractivity contribution in [3.63, 3.8) is 0 Å². The molecule has 8 nitrogen and oxygen atoms in total. The fraction of sp³-hybridized carbons (Fsp3) is 0.111. The first-order valence-corrected chi connectivity index (χ1v) is 11.8. The summed E-state index contributed by atoms with van der Waals surface area (Å²) in [5, 5.41) is 0.802. The van der Waals surface area contributed by atoms with E-state index in [1.165, 1.54) is 23.3 Å². The summed E-state index contributed by atoms with van der Waals surface area (Å²) < 4.78 is 16.9. The average molecular weight is 499 g/mol. The van der Waals surface area contributed by atoms with Crippen LogP contribution in [0.25, 0.3) is 21.2 Å². The Labute approximate surface area is 208 Å². The number of methoxy groups -OCH3 is 2. The molecule has 1 aliphatic rings. The summed E-state index contributed by atoms with van der Waals surface area (Å²) in [5.74, 6) is -0.280. The molecule has 0 radical (unpaired) electrons. The average Bonchev–Trinajstić information content (AvgIpc) is 3.46. The van der Waals surface area contributed by atoms with Crippen LogP contribution in [0.1, 0.15) is 38.1 Å². The number of carbonyl (C=O) groups excluding carboxylic acids is 2. The molecule has 9 heteroatoms. The minimum absolute atomic E-state index is 0.0161. The predicted octanol–water partition coefficient (Wildman–Crippen LogP) is 4.95. The lowest BCUT2D eigenvalue weighted by Crippen LogP contribution is -2.29. The molecule has 1 amide bonds. The van der Waals surface area contributed by atoms with Crippen molar-refractivity contribution in [3.05, 3.63) is 99.4 Å². The molecule has 3 heterocycles. The second kappa shape index (κ2) is 8.31. The highest BCUT2D eigenvalue weighted by Crippen LogP contribution is 2.44. The van der Waals surface area contributed by atoms with Gasteiger partial charge in [0.05, 0.1) is 47.0 Å². The van der Waals surface area contributed by atoms with Crippen molar-refractivity contribution in [2.24, 2.45) is 0 Å². The van der Waals surface area contributed by atoms with E-state index in [4.69, 9.17) is 13.9 Å². The van der Waals surface area contributed by atoms with Crippen LogP contribution in [0.5, 0.6) is 5.75 Å². The van der Waals surface area contributed by atoms with Gasteiger partial charge in [0, 0.05) is 0 Å². The van der Waals surface area contributed by atoms with Gasteiger partial charge in [-0.05, 0) is 48.0 Å². The predicted molar refractivity (Wildman–Crippen MR) is 135 cm³/mol. The number of benzene rings is 3. The lowest BCUT2D eigenvalue weighted by atomic mass is 9.98. The highest BCUT2D eigenvalue weighted by Gasteiger charge is 2.45. The van der Waals surface area contributed by atoms with E-state index in [2.05, 4.69) is 4.98 Å². The van der Waals surface area contributed by atoms with Crippen molar-refractivity contribution in [2.75, 3.05) is 19.1 Å². The van der Waals surface area contributed by atoms with Gasteiger partial charge in [-0.1, -0.05) is 35.6 Å². The van der Waals surface area contributed by atoms with Crippen LogP contribution in [0, 0.1) is 0 Å². The van der Waals surface area contributed by atoms with Crippen molar-refractivity contribution >= 4 is 49.5 Å². The van der Waals surface area contributed by atoms with Crippen molar-refractivity contribution in [2.45, 2.75) is 6.04 Å². The standard InChI is InChI=1S/C27H18N2O6S/c1-33-16-11-12-18-20(13-16)36-27(28-18)29-22(14-7-9-15(10-8-14)26(32)34-2)21-23(30)17-5-3-4-6-19(17)35-24(21)25(29)31/h3-13,22H,1-2H3/t22-/m1/s1. The topological polar surface area (TPSA) is 98.9 Å². The minimum Gasteiger partial charge on any atom is -0.497 e. The summed E-state index contributed by atoms with van der Waals surface area (Å²) in [6.45, 7) is 0. The second-order valence-electron chi connectivity index (χ2n) is 8.19. The molecule has 6 rings (SSSR count). The third-order valence-corrected chi connectivity index (χ3v) is 7.23. The van der Waals surface area contributed by atoms with Crippen molar-refractivity contribution < 1.29 is 23.5 Å². The van der Waals surface area contributed by atoms with E-state index in [-0.39, 0.29) is 16.8 Å². The Morgan fingerprint density at radius 2 is 1.81 bits per heavy atom. The normalized spacial score (nSPS) is 14.9. The molecule has 1 aliphatic heterocycles. The lowest BCUT2D eigenvalue weighted by Gasteiger charge is -2.22. The van der Waals surface area contributed by atoms with Crippen LogP contribution < -0.4 is 15.1 Å². The SMILES string of the molecule is COC(=O)c1ccc([C@@H]2c3c(oc4ccccc4c3=O)C(=O)N2c2nc3ccc(OC)cc3s2)cc1. The van der Waals surface area contributed by atoms with Crippen LogP contribution in [0.3, 0.4) is 0 Å². The number of para-hydroxylation sites is 1. The van der Waals surface area contributed by atoms with Crippen LogP contribution in [0.2, 0.25) is 0 Å². The smallest absolute Gasteiger partial charge is 0.337 e. The zero-order valence-electron chi connectivity index (χ0n) is 19.2. The zero-order chi connectivity index (χ0) is 25.0. The number of anilines is 1. The molecule has 0 aliphatic carbocycles. The first kappa shape index (κ1) is 22.0. The highest BCUT2D eigenvalue weighted by molar-refractivity contribution is 7.22. The van der Waals surface area contributed by atoms with Crippen LogP contribution in [0.15, 0.2) is 75.9 Å². The molecule has 0 unspecified atom stereocenters. The molecule has 0 saturated carbocycles. The number of esters is 1. The quantitative estimate of drug-likeness (QED) is 0.323. The number of ether oxygens (including phenoxy) is 2. The molecule has 36 heavy (non-hydrogen) atoms. The van der Waals surface area contributed by atoms with Gasteiger partial charge in [0.1, 0.15) is 11.3 Å². The van der Waals surface area contributed by atoms with Crippen molar-refractivity contribution in [1.29, 1.82) is 0 Å². The van der Waals surface area contributed by atoms with E-state index in [1.807, 2.05) is 12.1 Å². The van der Waals surface area contributed by atoms with Gasteiger partial charge in [-0.3, -0.25) is 14.5 Å². The molecule has 5 aromatic rings. The lowest BCUT2D eigenvalue weighted by molar-refractivity contribution is 0.0600. The Morgan fingerprint density at radius 3 is 2.56 bits per heavy atom. The fourth-order valence-corrected chi connectivity index (χ4v) is 5.50. The summed E-state index contributed by atoms with van der Waals surface area (Å²) >= 11 is 1.31. The van der Waals surface area contributed by atoms with Gasteiger partial charge < -0.3 is 13.9 Å². The minimum atomic E-state index is -0.789. The van der Waals surface area contributed by atoms with Gasteiger partial charge in [-0.15, -0.1) is 0 Å². The maximum Gasteiger partial charge on any atom is 0.337 e. The summed E-state index contributed by atoms with van der Waals surface area (Å²) in [4.78, 5) is 45.6. The van der Waals surface area contributed by atoms with E-state index in [1.54, 1.807) is 61.7 Å². The molecule has 0 fully saturated rings. The van der Waals surface area contributed by atoms with Crippen LogP contribution in [0.4, 0.5) is 5.13 Å². The van der Waals surface area contributed by atoms with Crippen molar-refractivity contribution in [3.8, 4) is 5.75 Å². The third kappa shape index (κ3) is 3.28. The molecule has 0 N–H and O–H groups in total. The number of carbonyl (C=O) groups is 2. The number of nitrogens with zero attached hydrogens (tertiary/aromatic N) is 2. The molecular weight excluding hydrogens is 480 g/mol. The Balaban J connectivity index is 1.58. The first-order chi connectivity index (χ1) is 17.5. The number of amides is 1. The number of thiazole rings is 1. The number of aromatic nitrogens is 1. The molecule has 2 aromatic heterocycles.